The summed E-state index contributed by atoms with van der Waals surface area (Å²) in [5.74, 6) is -1.34. The Morgan fingerprint density at radius 2 is 1.61 bits per heavy atom. The van der Waals surface area contributed by atoms with Crippen LogP contribution >= 0.6 is 11.6 Å². The first kappa shape index (κ1) is 12.7. The van der Waals surface area contributed by atoms with Gasteiger partial charge in [-0.15, -0.1) is 0 Å². The van der Waals surface area contributed by atoms with E-state index in [2.05, 4.69) is 4.99 Å². The minimum absolute atomic E-state index is 0.282. The Labute approximate surface area is 109 Å². The van der Waals surface area contributed by atoms with Crippen molar-refractivity contribution in [3.8, 4) is 0 Å². The van der Waals surface area contributed by atoms with Crippen molar-refractivity contribution in [1.29, 1.82) is 0 Å². The summed E-state index contributed by atoms with van der Waals surface area (Å²) < 4.78 is 27.0. The summed E-state index contributed by atoms with van der Waals surface area (Å²) in [6.45, 7) is 1.62. The molecule has 0 aliphatic carbocycles. The molecule has 0 N–H and O–H groups in total. The second-order valence-electron chi connectivity index (χ2n) is 3.89. The number of aliphatic imine (C=N–C) groups is 1. The van der Waals surface area contributed by atoms with Crippen molar-refractivity contribution in [3.63, 3.8) is 0 Å². The summed E-state index contributed by atoms with van der Waals surface area (Å²) in [5, 5.41) is 0.597. The molecule has 0 amide bonds. The number of rotatable bonds is 2. The number of halogens is 3. The van der Waals surface area contributed by atoms with Crippen LogP contribution in [-0.4, -0.2) is 6.21 Å². The lowest BCUT2D eigenvalue weighted by atomic mass is 10.2. The Balaban J connectivity index is 2.31. The minimum Gasteiger partial charge on any atom is -0.250 e. The Kier molecular flexibility index (Phi) is 3.72. The van der Waals surface area contributed by atoms with Gasteiger partial charge in [-0.05, 0) is 42.3 Å². The highest BCUT2D eigenvalue weighted by atomic mass is 35.5. The molecule has 0 saturated carbocycles. The quantitative estimate of drug-likeness (QED) is 0.699. The molecule has 0 bridgehead atoms. The highest BCUT2D eigenvalue weighted by Crippen LogP contribution is 2.23. The predicted molar refractivity (Wildman–Crippen MR) is 69.8 cm³/mol. The SMILES string of the molecule is Cc1cc(F)c(/N=C/c2ccc(Cl)cc2)c(F)c1. The third kappa shape index (κ3) is 2.93. The first-order valence-electron chi connectivity index (χ1n) is 5.31. The topological polar surface area (TPSA) is 12.4 Å². The maximum atomic E-state index is 13.5. The molecule has 18 heavy (non-hydrogen) atoms. The normalized spacial score (nSPS) is 11.1. The van der Waals surface area contributed by atoms with Crippen molar-refractivity contribution in [1.82, 2.24) is 0 Å². The standard InChI is InChI=1S/C14H10ClF2N/c1-9-6-12(16)14(13(17)7-9)18-8-10-2-4-11(15)5-3-10/h2-8H,1H3/b18-8+. The van der Waals surface area contributed by atoms with E-state index in [1.54, 1.807) is 31.2 Å². The number of hydrogen-bond acceptors (Lipinski definition) is 1. The average Bonchev–Trinajstić information content (AvgIpc) is 2.30. The summed E-state index contributed by atoms with van der Waals surface area (Å²) in [6, 6.07) is 9.30. The molecule has 0 unspecified atom stereocenters. The second-order valence-corrected chi connectivity index (χ2v) is 4.32. The van der Waals surface area contributed by atoms with Gasteiger partial charge in [-0.1, -0.05) is 23.7 Å². The van der Waals surface area contributed by atoms with Crippen molar-refractivity contribution in [2.75, 3.05) is 0 Å². The van der Waals surface area contributed by atoms with Crippen LogP contribution in [0.5, 0.6) is 0 Å². The average molecular weight is 266 g/mol. The number of aryl methyl sites for hydroxylation is 1. The molecule has 0 aliphatic heterocycles. The molecule has 0 heterocycles. The van der Waals surface area contributed by atoms with E-state index >= 15 is 0 Å². The molecule has 0 fully saturated rings. The molecule has 2 aromatic carbocycles. The molecular formula is C14H10ClF2N. The van der Waals surface area contributed by atoms with E-state index in [1.165, 1.54) is 18.3 Å². The molecule has 2 rings (SSSR count). The summed E-state index contributed by atoms with van der Waals surface area (Å²) in [7, 11) is 0. The van der Waals surface area contributed by atoms with Gasteiger partial charge in [-0.25, -0.2) is 8.78 Å². The van der Waals surface area contributed by atoms with Crippen LogP contribution in [0.2, 0.25) is 5.02 Å². The molecule has 92 valence electrons. The number of hydrogen-bond donors (Lipinski definition) is 0. The zero-order valence-corrected chi connectivity index (χ0v) is 10.4. The van der Waals surface area contributed by atoms with Gasteiger partial charge < -0.3 is 0 Å². The summed E-state index contributed by atoms with van der Waals surface area (Å²) in [5.41, 5.74) is 0.963. The van der Waals surface area contributed by atoms with E-state index in [0.717, 1.165) is 5.56 Å². The lowest BCUT2D eigenvalue weighted by Gasteiger charge is -2.01. The molecule has 0 saturated heterocycles. The number of nitrogens with zero attached hydrogens (tertiary/aromatic N) is 1. The molecular weight excluding hydrogens is 256 g/mol. The summed E-state index contributed by atoms with van der Waals surface area (Å²) >= 11 is 5.73. The fourth-order valence-corrected chi connectivity index (χ4v) is 1.63. The molecule has 2 aromatic rings. The van der Waals surface area contributed by atoms with E-state index < -0.39 is 11.6 Å². The lowest BCUT2D eigenvalue weighted by Crippen LogP contribution is -1.87. The van der Waals surface area contributed by atoms with Crippen molar-refractivity contribution >= 4 is 23.5 Å². The Hall–Kier alpha value is -1.74. The largest absolute Gasteiger partial charge is 0.250 e. The predicted octanol–water partition coefficient (Wildman–Crippen LogP) is 4.68. The van der Waals surface area contributed by atoms with Gasteiger partial charge in [-0.2, -0.15) is 0 Å². The monoisotopic (exact) mass is 265 g/mol. The Morgan fingerprint density at radius 3 is 2.17 bits per heavy atom. The fourth-order valence-electron chi connectivity index (χ4n) is 1.50. The van der Waals surface area contributed by atoms with E-state index in [9.17, 15) is 8.78 Å². The molecule has 0 radical (unpaired) electrons. The van der Waals surface area contributed by atoms with Crippen molar-refractivity contribution in [3.05, 3.63) is 64.2 Å². The van der Waals surface area contributed by atoms with Gasteiger partial charge >= 0.3 is 0 Å². The first-order chi connectivity index (χ1) is 8.56. The third-order valence-corrected chi connectivity index (χ3v) is 2.63. The maximum Gasteiger partial charge on any atom is 0.152 e. The fraction of sp³-hybridized carbons (Fsp3) is 0.0714. The van der Waals surface area contributed by atoms with Gasteiger partial charge in [0.25, 0.3) is 0 Å². The molecule has 4 heteroatoms. The van der Waals surface area contributed by atoms with E-state index in [4.69, 9.17) is 11.6 Å². The van der Waals surface area contributed by atoms with Crippen LogP contribution in [0.3, 0.4) is 0 Å². The molecule has 0 atom stereocenters. The Bertz CT molecular complexity index is 568. The molecule has 0 spiro atoms. The van der Waals surface area contributed by atoms with Crippen LogP contribution in [0.4, 0.5) is 14.5 Å². The van der Waals surface area contributed by atoms with Crippen LogP contribution < -0.4 is 0 Å². The maximum absolute atomic E-state index is 13.5. The van der Waals surface area contributed by atoms with Gasteiger partial charge in [-0.3, -0.25) is 4.99 Å². The van der Waals surface area contributed by atoms with E-state index in [-0.39, 0.29) is 5.69 Å². The first-order valence-corrected chi connectivity index (χ1v) is 5.69. The zero-order chi connectivity index (χ0) is 13.1. The van der Waals surface area contributed by atoms with Crippen molar-refractivity contribution < 1.29 is 8.78 Å². The summed E-state index contributed by atoms with van der Waals surface area (Å²) in [6.07, 6.45) is 1.40. The van der Waals surface area contributed by atoms with E-state index in [1.807, 2.05) is 0 Å². The lowest BCUT2D eigenvalue weighted by molar-refractivity contribution is 0.586. The highest BCUT2D eigenvalue weighted by molar-refractivity contribution is 6.30. The second kappa shape index (κ2) is 5.27. The van der Waals surface area contributed by atoms with Crippen LogP contribution in [0.25, 0.3) is 0 Å². The van der Waals surface area contributed by atoms with Crippen LogP contribution in [0.1, 0.15) is 11.1 Å². The zero-order valence-electron chi connectivity index (χ0n) is 9.62. The van der Waals surface area contributed by atoms with Gasteiger partial charge in [0.2, 0.25) is 0 Å². The van der Waals surface area contributed by atoms with Crippen LogP contribution in [0.15, 0.2) is 41.4 Å². The minimum atomic E-state index is -0.669. The van der Waals surface area contributed by atoms with Gasteiger partial charge in [0.1, 0.15) is 5.69 Å². The molecule has 1 nitrogen and oxygen atoms in total. The van der Waals surface area contributed by atoms with Gasteiger partial charge in [0.05, 0.1) is 0 Å². The van der Waals surface area contributed by atoms with Gasteiger partial charge in [0.15, 0.2) is 11.6 Å². The molecule has 0 aliphatic rings. The van der Waals surface area contributed by atoms with Crippen LogP contribution in [0, 0.1) is 18.6 Å². The number of benzene rings is 2. The third-order valence-electron chi connectivity index (χ3n) is 2.37. The summed E-state index contributed by atoms with van der Waals surface area (Å²) in [4.78, 5) is 3.83. The molecule has 0 aromatic heterocycles. The van der Waals surface area contributed by atoms with Crippen LogP contribution in [-0.2, 0) is 0 Å². The van der Waals surface area contributed by atoms with Crippen molar-refractivity contribution in [2.45, 2.75) is 6.92 Å². The van der Waals surface area contributed by atoms with Crippen molar-refractivity contribution in [2.24, 2.45) is 4.99 Å². The van der Waals surface area contributed by atoms with E-state index in [0.29, 0.717) is 10.6 Å². The van der Waals surface area contributed by atoms with Gasteiger partial charge in [0, 0.05) is 11.2 Å². The Morgan fingerprint density at radius 1 is 1.06 bits per heavy atom. The smallest absolute Gasteiger partial charge is 0.152 e. The highest BCUT2D eigenvalue weighted by Gasteiger charge is 2.07.